The minimum Gasteiger partial charge on any atom is -0.511 e. The highest BCUT2D eigenvalue weighted by Gasteiger charge is 2.62. The molecule has 0 unspecified atom stereocenters. The smallest absolute Gasteiger partial charge is 0.173 e. The van der Waals surface area contributed by atoms with E-state index in [0.717, 1.165) is 36.0 Å². The van der Waals surface area contributed by atoms with E-state index in [1.165, 1.54) is 22.3 Å². The lowest BCUT2D eigenvalue weighted by Crippen LogP contribution is -2.33. The van der Waals surface area contributed by atoms with E-state index in [1.54, 1.807) is 0 Å². The monoisotopic (exact) mass is 416 g/mol. The molecule has 2 aliphatic heterocycles. The van der Waals surface area contributed by atoms with Gasteiger partial charge >= 0.3 is 0 Å². The summed E-state index contributed by atoms with van der Waals surface area (Å²) in [7, 11) is 0. The van der Waals surface area contributed by atoms with Crippen LogP contribution >= 0.6 is 0 Å². The molecule has 0 aromatic heterocycles. The molecule has 3 nitrogen and oxygen atoms in total. The molecule has 3 aliphatic rings. The van der Waals surface area contributed by atoms with Crippen LogP contribution in [0.2, 0.25) is 0 Å². The van der Waals surface area contributed by atoms with E-state index in [-0.39, 0.29) is 41.5 Å². The quantitative estimate of drug-likeness (QED) is 0.688. The molecule has 2 saturated heterocycles. The van der Waals surface area contributed by atoms with Crippen molar-refractivity contribution >= 4 is 11.4 Å². The van der Waals surface area contributed by atoms with Gasteiger partial charge in [0.2, 0.25) is 0 Å². The maximum absolute atomic E-state index is 13.7. The first-order valence-corrected chi connectivity index (χ1v) is 11.7. The largest absolute Gasteiger partial charge is 0.511 e. The molecule has 5 atom stereocenters. The molecule has 2 aromatic rings. The zero-order valence-electron chi connectivity index (χ0n) is 19.2. The highest BCUT2D eigenvalue weighted by molar-refractivity contribution is 6.26. The summed E-state index contributed by atoms with van der Waals surface area (Å²) in [6, 6.07) is 11.0. The highest BCUT2D eigenvalue weighted by Crippen LogP contribution is 2.58. The molecule has 2 aromatic carbocycles. The fourth-order valence-electron chi connectivity index (χ4n) is 6.48. The Morgan fingerprint density at radius 2 is 1.48 bits per heavy atom. The Balaban J connectivity index is 1.60. The van der Waals surface area contributed by atoms with Crippen molar-refractivity contribution in [1.29, 1.82) is 0 Å². The van der Waals surface area contributed by atoms with Gasteiger partial charge in [-0.2, -0.15) is 0 Å². The second-order valence-corrected chi connectivity index (χ2v) is 9.74. The van der Waals surface area contributed by atoms with Crippen molar-refractivity contribution in [3.05, 3.63) is 75.0 Å². The molecule has 1 N–H and O–H groups in total. The molecule has 5 rings (SSSR count). The predicted molar refractivity (Wildman–Crippen MR) is 123 cm³/mol. The third-order valence-electron chi connectivity index (χ3n) is 7.61. The lowest BCUT2D eigenvalue weighted by molar-refractivity contribution is -0.118. The Kier molecular flexibility index (Phi) is 4.86. The fraction of sp³-hybridized carbons (Fsp3) is 0.464. The van der Waals surface area contributed by atoms with Crippen LogP contribution in [0.25, 0.3) is 5.57 Å². The number of carbonyl (C=O) groups is 1. The molecular formula is C28H32O3. The summed E-state index contributed by atoms with van der Waals surface area (Å²) in [5.41, 5.74) is 8.85. The van der Waals surface area contributed by atoms with Gasteiger partial charge < -0.3 is 9.84 Å². The first-order valence-electron chi connectivity index (χ1n) is 11.7. The molecule has 2 heterocycles. The Morgan fingerprint density at radius 1 is 0.903 bits per heavy atom. The van der Waals surface area contributed by atoms with Crippen molar-refractivity contribution in [1.82, 2.24) is 0 Å². The summed E-state index contributed by atoms with van der Waals surface area (Å²) in [5, 5.41) is 11.5. The average molecular weight is 417 g/mol. The minimum atomic E-state index is -0.238. The van der Waals surface area contributed by atoms with Crippen molar-refractivity contribution in [2.45, 2.75) is 72.0 Å². The summed E-state index contributed by atoms with van der Waals surface area (Å²) >= 11 is 0. The Bertz CT molecular complexity index is 1060. The topological polar surface area (TPSA) is 46.5 Å². The van der Waals surface area contributed by atoms with Gasteiger partial charge in [0.15, 0.2) is 5.78 Å². The zero-order valence-corrected chi connectivity index (χ0v) is 19.2. The van der Waals surface area contributed by atoms with Gasteiger partial charge in [-0.3, -0.25) is 4.79 Å². The Hall–Kier alpha value is -2.39. The van der Waals surface area contributed by atoms with Gasteiger partial charge in [-0.05, 0) is 62.3 Å². The van der Waals surface area contributed by atoms with Crippen LogP contribution in [0, 0.1) is 32.6 Å². The Morgan fingerprint density at radius 3 is 2.06 bits per heavy atom. The second-order valence-electron chi connectivity index (χ2n) is 9.74. The second kappa shape index (κ2) is 7.34. The van der Waals surface area contributed by atoms with Crippen molar-refractivity contribution in [3.63, 3.8) is 0 Å². The molecule has 3 heteroatoms. The van der Waals surface area contributed by atoms with Gasteiger partial charge in [-0.15, -0.1) is 0 Å². The Labute approximate surface area is 185 Å². The summed E-state index contributed by atoms with van der Waals surface area (Å²) in [4.78, 5) is 13.7. The first kappa shape index (κ1) is 20.5. The lowest BCUT2D eigenvalue weighted by Gasteiger charge is -2.28. The molecule has 0 amide bonds. The molecule has 1 aliphatic carbocycles. The van der Waals surface area contributed by atoms with Crippen LogP contribution in [0.1, 0.15) is 65.1 Å². The van der Waals surface area contributed by atoms with Crippen LogP contribution in [-0.2, 0) is 22.4 Å². The molecule has 2 bridgehead atoms. The van der Waals surface area contributed by atoms with Crippen LogP contribution in [-0.4, -0.2) is 23.1 Å². The number of allylic oxidation sites excluding steroid dienone is 1. The van der Waals surface area contributed by atoms with Crippen molar-refractivity contribution in [2.24, 2.45) is 11.8 Å². The number of aliphatic hydroxyl groups is 1. The highest BCUT2D eigenvalue weighted by atomic mass is 16.5. The number of benzene rings is 2. The van der Waals surface area contributed by atoms with Crippen LogP contribution in [0.4, 0.5) is 0 Å². The summed E-state index contributed by atoms with van der Waals surface area (Å²) in [6.07, 6.45) is 2.32. The van der Waals surface area contributed by atoms with Crippen molar-refractivity contribution < 1.29 is 14.6 Å². The van der Waals surface area contributed by atoms with E-state index >= 15 is 0 Å². The van der Waals surface area contributed by atoms with E-state index < -0.39 is 0 Å². The third kappa shape index (κ3) is 3.01. The maximum Gasteiger partial charge on any atom is 0.173 e. The maximum atomic E-state index is 13.7. The van der Waals surface area contributed by atoms with E-state index in [0.29, 0.717) is 5.57 Å². The van der Waals surface area contributed by atoms with Gasteiger partial charge in [-0.25, -0.2) is 0 Å². The zero-order chi connectivity index (χ0) is 22.0. The number of rotatable bonds is 4. The van der Waals surface area contributed by atoms with Gasteiger partial charge in [0, 0.05) is 5.92 Å². The summed E-state index contributed by atoms with van der Waals surface area (Å²) < 4.78 is 6.33. The minimum absolute atomic E-state index is 0.0853. The molecule has 31 heavy (non-hydrogen) atoms. The fourth-order valence-corrected chi connectivity index (χ4v) is 6.48. The third-order valence-corrected chi connectivity index (χ3v) is 7.61. The number of aryl methyl sites for hydroxylation is 5. The van der Waals surface area contributed by atoms with Crippen molar-refractivity contribution in [3.8, 4) is 0 Å². The van der Waals surface area contributed by atoms with Gasteiger partial charge in [0.05, 0.1) is 29.6 Å². The van der Waals surface area contributed by atoms with E-state index in [1.807, 2.05) is 0 Å². The van der Waals surface area contributed by atoms with E-state index in [4.69, 9.17) is 4.74 Å². The molecule has 2 fully saturated rings. The number of aliphatic hydroxyl groups excluding tert-OH is 1. The van der Waals surface area contributed by atoms with E-state index in [2.05, 4.69) is 65.0 Å². The van der Waals surface area contributed by atoms with E-state index in [9.17, 15) is 9.90 Å². The lowest BCUT2D eigenvalue weighted by atomic mass is 9.72. The molecule has 162 valence electrons. The molecule has 0 saturated carbocycles. The number of carbonyl (C=O) groups excluding carboxylic acids is 1. The molecule has 0 spiro atoms. The first-order chi connectivity index (χ1) is 14.8. The number of ketones is 1. The normalized spacial score (nSPS) is 29.2. The van der Waals surface area contributed by atoms with Crippen molar-refractivity contribution in [2.75, 3.05) is 0 Å². The molecule has 0 radical (unpaired) electrons. The summed E-state index contributed by atoms with van der Waals surface area (Å²) in [6.45, 7) is 10.6. The number of fused-ring (bicyclic) bond motifs is 5. The van der Waals surface area contributed by atoms with Gasteiger partial charge in [0.25, 0.3) is 0 Å². The van der Waals surface area contributed by atoms with Gasteiger partial charge in [0.1, 0.15) is 5.76 Å². The number of hydrogen-bond donors (Lipinski definition) is 1. The average Bonchev–Trinajstić information content (AvgIpc) is 3.38. The number of ether oxygens (including phenoxy) is 1. The van der Waals surface area contributed by atoms with Crippen LogP contribution in [0.5, 0.6) is 0 Å². The van der Waals surface area contributed by atoms with Gasteiger partial charge in [-0.1, -0.05) is 60.9 Å². The summed E-state index contributed by atoms with van der Waals surface area (Å²) in [5.74, 6) is 0.126. The molecular weight excluding hydrogens is 384 g/mol. The van der Waals surface area contributed by atoms with Crippen LogP contribution in [0.15, 0.2) is 36.1 Å². The SMILES string of the molecule is CCc1cc(C)cc(CC)c1C1=C(O)[C@@H]2[C@@H]3O[C@@H](C[C@H]3c3cc(C)cc(C)c3)[C@@H]2C1=O. The standard InChI is InChI=1S/C28H32O3/c1-6-17-9-16(5)10-18(7-2)22(17)24-26(29)23-21-13-20(28(31-21)25(23)27(24)30)19-11-14(3)8-15(4)12-19/h8-12,20-21,23,25,28,30H,6-7,13H2,1-5H3/t20-,21-,23-,25+,28+/m0/s1. The van der Waals surface area contributed by atoms with Crippen LogP contribution in [0.3, 0.4) is 0 Å². The predicted octanol–water partition coefficient (Wildman–Crippen LogP) is 5.78. The number of hydrogen-bond acceptors (Lipinski definition) is 3. The van der Waals surface area contributed by atoms with Crippen LogP contribution < -0.4 is 0 Å². The number of Topliss-reactive ketones (excluding diaryl/α,β-unsaturated/α-hetero) is 1.